The van der Waals surface area contributed by atoms with Crippen LogP contribution in [-0.4, -0.2) is 27.9 Å². The van der Waals surface area contributed by atoms with E-state index in [1.807, 2.05) is 59.9 Å². The van der Waals surface area contributed by atoms with E-state index in [0.29, 0.717) is 12.0 Å². The van der Waals surface area contributed by atoms with Crippen molar-refractivity contribution in [1.82, 2.24) is 9.97 Å². The lowest BCUT2D eigenvalue weighted by Crippen LogP contribution is -2.39. The van der Waals surface area contributed by atoms with Gasteiger partial charge in [-0.05, 0) is 55.2 Å². The number of thioether (sulfide) groups is 1. The highest BCUT2D eigenvalue weighted by molar-refractivity contribution is 8.00. The molecule has 218 valence electrons. The minimum absolute atomic E-state index is 0.221. The number of benzene rings is 1. The summed E-state index contributed by atoms with van der Waals surface area (Å²) in [6.45, 7) is 2.29. The van der Waals surface area contributed by atoms with E-state index in [4.69, 9.17) is 4.98 Å². The van der Waals surface area contributed by atoms with Gasteiger partial charge in [-0.1, -0.05) is 37.7 Å². The van der Waals surface area contributed by atoms with E-state index in [0.717, 1.165) is 21.2 Å². The molecule has 0 bridgehead atoms. The second-order valence-corrected chi connectivity index (χ2v) is 13.1. The van der Waals surface area contributed by atoms with Gasteiger partial charge in [-0.2, -0.15) is 17.6 Å². The molecule has 1 atom stereocenters. The molecule has 0 saturated heterocycles. The van der Waals surface area contributed by atoms with Crippen LogP contribution in [0.5, 0.6) is 11.5 Å². The number of hydrogen-bond donors (Lipinski definition) is 0. The first-order valence-electron chi connectivity index (χ1n) is 12.9. The number of alkyl halides is 4. The van der Waals surface area contributed by atoms with Crippen LogP contribution < -0.4 is 14.0 Å². The van der Waals surface area contributed by atoms with Crippen molar-refractivity contribution in [3.05, 3.63) is 94.3 Å². The smallest absolute Gasteiger partial charge is 0.387 e. The van der Waals surface area contributed by atoms with Crippen LogP contribution in [0.1, 0.15) is 55.3 Å². The molecule has 4 aromatic rings. The minimum atomic E-state index is -3.20. The van der Waals surface area contributed by atoms with Gasteiger partial charge in [-0.15, -0.1) is 11.3 Å². The Hall–Kier alpha value is -3.18. The normalized spacial score (nSPS) is 13.0. The van der Waals surface area contributed by atoms with Gasteiger partial charge >= 0.3 is 13.2 Å². The largest absolute Gasteiger partial charge is 0.431 e. The fraction of sp³-hybridized carbons (Fsp3) is 0.367. The Morgan fingerprint density at radius 3 is 2.12 bits per heavy atom. The summed E-state index contributed by atoms with van der Waals surface area (Å²) in [5.74, 6) is -1.23. The lowest BCUT2D eigenvalue weighted by Gasteiger charge is -2.39. The molecule has 1 unspecified atom stereocenters. The van der Waals surface area contributed by atoms with Crippen LogP contribution in [0.4, 0.5) is 17.6 Å². The third-order valence-electron chi connectivity index (χ3n) is 7.28. The molecule has 3 heterocycles. The molecule has 0 aliphatic carbocycles. The zero-order valence-electron chi connectivity index (χ0n) is 23.4. The van der Waals surface area contributed by atoms with E-state index >= 15 is 0 Å². The summed E-state index contributed by atoms with van der Waals surface area (Å²) in [4.78, 5) is 9.29. The van der Waals surface area contributed by atoms with Gasteiger partial charge in [-0.3, -0.25) is 0 Å². The predicted octanol–water partition coefficient (Wildman–Crippen LogP) is 7.79. The molecule has 1 aromatic carbocycles. The second-order valence-electron chi connectivity index (χ2n) is 10.6. The molecule has 3 aromatic heterocycles. The molecule has 41 heavy (non-hydrogen) atoms. The highest BCUT2D eigenvalue weighted by Crippen LogP contribution is 2.47. The van der Waals surface area contributed by atoms with Gasteiger partial charge in [0.05, 0.1) is 10.0 Å². The van der Waals surface area contributed by atoms with Crippen molar-refractivity contribution in [3.8, 4) is 11.5 Å². The fourth-order valence-electron chi connectivity index (χ4n) is 4.29. The van der Waals surface area contributed by atoms with Crippen LogP contribution in [0.25, 0.3) is 0 Å². The summed E-state index contributed by atoms with van der Waals surface area (Å²) in [6, 6.07) is 12.0. The molecule has 0 N–H and O–H groups in total. The summed E-state index contributed by atoms with van der Waals surface area (Å²) >= 11 is 3.28. The third-order valence-corrected chi connectivity index (χ3v) is 9.85. The number of thiazole rings is 1. The molecule has 0 fully saturated rings. The van der Waals surface area contributed by atoms with E-state index in [9.17, 15) is 17.6 Å². The van der Waals surface area contributed by atoms with Crippen molar-refractivity contribution >= 4 is 23.1 Å². The number of halogens is 4. The number of ether oxygens (including phenoxy) is 2. The van der Waals surface area contributed by atoms with Crippen molar-refractivity contribution in [1.29, 1.82) is 0 Å². The van der Waals surface area contributed by atoms with Gasteiger partial charge in [0.25, 0.3) is 0 Å². The van der Waals surface area contributed by atoms with Crippen LogP contribution in [0.2, 0.25) is 0 Å². The first-order valence-corrected chi connectivity index (χ1v) is 14.6. The Morgan fingerprint density at radius 2 is 1.54 bits per heavy atom. The number of hydrogen-bond acceptors (Lipinski definition) is 6. The molecule has 0 spiro atoms. The van der Waals surface area contributed by atoms with Crippen LogP contribution in [0.3, 0.4) is 0 Å². The van der Waals surface area contributed by atoms with E-state index in [1.54, 1.807) is 35.4 Å². The summed E-state index contributed by atoms with van der Waals surface area (Å²) in [6.07, 6.45) is 7.94. The summed E-state index contributed by atoms with van der Waals surface area (Å²) < 4.78 is 62.8. The molecule has 0 aliphatic rings. The maximum absolute atomic E-state index is 13.1. The standard InChI is InChI=1S/C30H32F4N3O2S2/c1-29(2,26-35-12-15-40-26)30(3,4)41-25-9-7-21(18-36-25)22(16-19-10-13-37(5)14-11-19)20-6-8-23(38-27(31)32)24(17-20)39-28(33)34/h6-15,17-18,22,27-28H,16H2,1-5H3/q+1. The SMILES string of the molecule is C[n+]1ccc(CC(c2ccc(SC(C)(C)C(C)(C)c3nccs3)nc2)c2ccc(OC(F)F)c(OC(F)F)c2)cc1. The van der Waals surface area contributed by atoms with Gasteiger partial charge < -0.3 is 9.47 Å². The topological polar surface area (TPSA) is 48.1 Å². The third kappa shape index (κ3) is 7.56. The van der Waals surface area contributed by atoms with Gasteiger partial charge in [0.15, 0.2) is 23.9 Å². The first-order chi connectivity index (χ1) is 19.4. The zero-order chi connectivity index (χ0) is 29.8. The molecule has 4 rings (SSSR count). The van der Waals surface area contributed by atoms with E-state index < -0.39 is 24.7 Å². The Morgan fingerprint density at radius 1 is 0.878 bits per heavy atom. The molecule has 0 aliphatic heterocycles. The average Bonchev–Trinajstić information content (AvgIpc) is 3.45. The summed E-state index contributed by atoms with van der Waals surface area (Å²) in [5, 5.41) is 3.85. The Kier molecular flexibility index (Phi) is 9.59. The molecule has 0 amide bonds. The summed E-state index contributed by atoms with van der Waals surface area (Å²) in [7, 11) is 1.91. The number of nitrogens with zero attached hydrogens (tertiary/aromatic N) is 3. The van der Waals surface area contributed by atoms with Crippen molar-refractivity contribution in [2.24, 2.45) is 7.05 Å². The maximum atomic E-state index is 13.1. The molecule has 0 saturated carbocycles. The Labute approximate surface area is 245 Å². The van der Waals surface area contributed by atoms with Crippen molar-refractivity contribution in [2.45, 2.75) is 68.4 Å². The Bertz CT molecular complexity index is 1410. The van der Waals surface area contributed by atoms with Gasteiger partial charge in [0.2, 0.25) is 0 Å². The number of pyridine rings is 2. The van der Waals surface area contributed by atoms with E-state index in [2.05, 4.69) is 42.2 Å². The number of rotatable bonds is 12. The van der Waals surface area contributed by atoms with Gasteiger partial charge in [0.1, 0.15) is 7.05 Å². The lowest BCUT2D eigenvalue weighted by atomic mass is 9.81. The van der Waals surface area contributed by atoms with Crippen LogP contribution in [0, 0.1) is 0 Å². The van der Waals surface area contributed by atoms with Gasteiger partial charge in [0, 0.05) is 46.0 Å². The van der Waals surface area contributed by atoms with E-state index in [-0.39, 0.29) is 16.1 Å². The minimum Gasteiger partial charge on any atom is -0.431 e. The first kappa shape index (κ1) is 30.8. The molecule has 0 radical (unpaired) electrons. The summed E-state index contributed by atoms with van der Waals surface area (Å²) in [5.41, 5.74) is 2.22. The number of aryl methyl sites for hydroxylation is 1. The molecular weight excluding hydrogens is 574 g/mol. The predicted molar refractivity (Wildman–Crippen MR) is 152 cm³/mol. The quantitative estimate of drug-likeness (QED) is 0.0936. The average molecular weight is 607 g/mol. The van der Waals surface area contributed by atoms with Crippen molar-refractivity contribution in [2.75, 3.05) is 0 Å². The molecule has 11 heteroatoms. The van der Waals surface area contributed by atoms with Crippen LogP contribution in [0.15, 0.2) is 77.7 Å². The van der Waals surface area contributed by atoms with Crippen LogP contribution in [-0.2, 0) is 18.9 Å². The lowest BCUT2D eigenvalue weighted by molar-refractivity contribution is -0.671. The molecule has 5 nitrogen and oxygen atoms in total. The second kappa shape index (κ2) is 12.8. The highest BCUT2D eigenvalue weighted by atomic mass is 32.2. The highest BCUT2D eigenvalue weighted by Gasteiger charge is 2.41. The van der Waals surface area contributed by atoms with Crippen molar-refractivity contribution in [3.63, 3.8) is 0 Å². The van der Waals surface area contributed by atoms with Crippen molar-refractivity contribution < 1.29 is 31.6 Å². The van der Waals surface area contributed by atoms with E-state index in [1.165, 1.54) is 12.1 Å². The van der Waals surface area contributed by atoms with Crippen LogP contribution >= 0.6 is 23.1 Å². The fourth-order valence-corrected chi connectivity index (χ4v) is 6.39. The monoisotopic (exact) mass is 606 g/mol. The van der Waals surface area contributed by atoms with Gasteiger partial charge in [-0.25, -0.2) is 14.5 Å². The Balaban J connectivity index is 1.67. The number of aromatic nitrogens is 3. The molecular formula is C30H32F4N3O2S2+. The maximum Gasteiger partial charge on any atom is 0.387 e. The zero-order valence-corrected chi connectivity index (χ0v) is 25.0.